The number of carbonyl (C=O) groups is 1. The second-order valence-corrected chi connectivity index (χ2v) is 4.97. The van der Waals surface area contributed by atoms with E-state index in [4.69, 9.17) is 0 Å². The summed E-state index contributed by atoms with van der Waals surface area (Å²) < 4.78 is 0. The minimum Gasteiger partial charge on any atom is -0.504 e. The fraction of sp³-hybridized carbons (Fsp3) is 0. The van der Waals surface area contributed by atoms with Gasteiger partial charge in [0.05, 0.1) is 11.4 Å². The highest BCUT2D eigenvalue weighted by molar-refractivity contribution is 6.06. The van der Waals surface area contributed by atoms with Crippen LogP contribution in [0.5, 0.6) is 17.2 Å². The number of fused-ring (bicyclic) bond motifs is 1. The molecule has 0 atom stereocenters. The number of phenols is 3. The molecule has 0 saturated carbocycles. The van der Waals surface area contributed by atoms with Gasteiger partial charge in [0, 0.05) is 17.5 Å². The molecule has 0 aromatic heterocycles. The molecule has 3 aromatic carbocycles. The number of hydrogen-bond donors (Lipinski definition) is 5. The number of nitrogens with one attached hydrogen (secondary N) is 2. The predicted molar refractivity (Wildman–Crippen MR) is 88.0 cm³/mol. The first kappa shape index (κ1) is 14.5. The van der Waals surface area contributed by atoms with E-state index in [1.165, 1.54) is 0 Å². The maximum absolute atomic E-state index is 12.1. The molecular formula is C17H14N2O4. The van der Waals surface area contributed by atoms with Gasteiger partial charge in [-0.05, 0) is 11.5 Å². The Morgan fingerprint density at radius 1 is 0.826 bits per heavy atom. The monoisotopic (exact) mass is 310 g/mol. The van der Waals surface area contributed by atoms with Crippen LogP contribution in [0.4, 0.5) is 16.2 Å². The second kappa shape index (κ2) is 5.76. The first-order chi connectivity index (χ1) is 11.0. The van der Waals surface area contributed by atoms with Crippen LogP contribution in [0.2, 0.25) is 0 Å². The summed E-state index contributed by atoms with van der Waals surface area (Å²) in [6, 6.07) is 14.9. The van der Waals surface area contributed by atoms with E-state index >= 15 is 0 Å². The summed E-state index contributed by atoms with van der Waals surface area (Å²) in [4.78, 5) is 12.1. The molecule has 3 aromatic rings. The number of amides is 2. The highest BCUT2D eigenvalue weighted by atomic mass is 16.3. The molecular weight excluding hydrogens is 296 g/mol. The van der Waals surface area contributed by atoms with Gasteiger partial charge in [0.15, 0.2) is 17.2 Å². The molecule has 116 valence electrons. The Kier molecular flexibility index (Phi) is 3.64. The third kappa shape index (κ3) is 2.96. The molecule has 0 radical (unpaired) electrons. The van der Waals surface area contributed by atoms with Gasteiger partial charge in [0.2, 0.25) is 0 Å². The van der Waals surface area contributed by atoms with Gasteiger partial charge in [-0.3, -0.25) is 0 Å². The Balaban J connectivity index is 1.82. The van der Waals surface area contributed by atoms with Crippen LogP contribution in [0, 0.1) is 0 Å². The molecule has 0 aliphatic rings. The number of aromatic hydroxyl groups is 3. The normalized spacial score (nSPS) is 10.4. The Bertz CT molecular complexity index is 864. The highest BCUT2D eigenvalue weighted by Crippen LogP contribution is 2.37. The summed E-state index contributed by atoms with van der Waals surface area (Å²) in [5.41, 5.74) is 0.781. The van der Waals surface area contributed by atoms with Crippen LogP contribution in [-0.4, -0.2) is 21.4 Å². The van der Waals surface area contributed by atoms with Crippen molar-refractivity contribution in [3.63, 3.8) is 0 Å². The van der Waals surface area contributed by atoms with Gasteiger partial charge in [-0.15, -0.1) is 0 Å². The minimum absolute atomic E-state index is 0.149. The summed E-state index contributed by atoms with van der Waals surface area (Å²) in [5.74, 6) is -1.68. The van der Waals surface area contributed by atoms with E-state index < -0.39 is 23.3 Å². The van der Waals surface area contributed by atoms with Crippen molar-refractivity contribution in [1.29, 1.82) is 0 Å². The summed E-state index contributed by atoms with van der Waals surface area (Å²) in [7, 11) is 0. The maximum atomic E-state index is 12.1. The van der Waals surface area contributed by atoms with Gasteiger partial charge >= 0.3 is 6.03 Å². The van der Waals surface area contributed by atoms with E-state index in [1.807, 2.05) is 36.4 Å². The van der Waals surface area contributed by atoms with Crippen molar-refractivity contribution < 1.29 is 20.1 Å². The molecule has 0 spiro atoms. The van der Waals surface area contributed by atoms with Crippen molar-refractivity contribution >= 4 is 28.2 Å². The number of urea groups is 1. The summed E-state index contributed by atoms with van der Waals surface area (Å²) in [5, 5.41) is 35.3. The fourth-order valence-electron chi connectivity index (χ4n) is 2.30. The lowest BCUT2D eigenvalue weighted by atomic mass is 10.1. The van der Waals surface area contributed by atoms with Crippen LogP contribution in [0.25, 0.3) is 10.8 Å². The maximum Gasteiger partial charge on any atom is 0.323 e. The molecule has 6 nitrogen and oxygen atoms in total. The minimum atomic E-state index is -0.634. The number of rotatable bonds is 2. The van der Waals surface area contributed by atoms with Gasteiger partial charge in [0.25, 0.3) is 0 Å². The number of phenolic OH excluding ortho intramolecular Hbond substituents is 3. The van der Waals surface area contributed by atoms with E-state index in [0.29, 0.717) is 5.69 Å². The lowest BCUT2D eigenvalue weighted by molar-refractivity contribution is 0.262. The smallest absolute Gasteiger partial charge is 0.323 e. The van der Waals surface area contributed by atoms with Crippen LogP contribution in [0.3, 0.4) is 0 Å². The van der Waals surface area contributed by atoms with Crippen LogP contribution in [0.1, 0.15) is 0 Å². The van der Waals surface area contributed by atoms with Gasteiger partial charge in [-0.1, -0.05) is 36.4 Å². The van der Waals surface area contributed by atoms with Crippen molar-refractivity contribution in [2.45, 2.75) is 0 Å². The van der Waals surface area contributed by atoms with Crippen molar-refractivity contribution in [3.8, 4) is 17.2 Å². The van der Waals surface area contributed by atoms with Crippen molar-refractivity contribution in [2.75, 3.05) is 10.6 Å². The summed E-state index contributed by atoms with van der Waals surface area (Å²) >= 11 is 0. The average Bonchev–Trinajstić information content (AvgIpc) is 2.53. The third-order valence-electron chi connectivity index (χ3n) is 3.37. The molecule has 0 bridgehead atoms. The summed E-state index contributed by atoms with van der Waals surface area (Å²) in [6.07, 6.45) is 0. The molecule has 0 unspecified atom stereocenters. The number of carbonyl (C=O) groups excluding carboxylic acids is 1. The van der Waals surface area contributed by atoms with Crippen molar-refractivity contribution in [3.05, 3.63) is 54.6 Å². The standard InChI is InChI=1S/C17H14N2O4/c20-14-8-11(9-15(21)16(14)22)18-17(23)19-13-7-3-5-10-4-1-2-6-12(10)13/h1-9,20-22H,(H2,18,19,23). The van der Waals surface area contributed by atoms with Crippen molar-refractivity contribution in [2.24, 2.45) is 0 Å². The Hall–Kier alpha value is -3.41. The topological polar surface area (TPSA) is 102 Å². The SMILES string of the molecule is O=C(Nc1cc(O)c(O)c(O)c1)Nc1cccc2ccccc12. The Labute approximate surface area is 131 Å². The number of benzene rings is 3. The van der Waals surface area contributed by atoms with Gasteiger partial charge < -0.3 is 26.0 Å². The second-order valence-electron chi connectivity index (χ2n) is 4.97. The molecule has 3 rings (SSSR count). The average molecular weight is 310 g/mol. The highest BCUT2D eigenvalue weighted by Gasteiger charge is 2.11. The lowest BCUT2D eigenvalue weighted by Gasteiger charge is -2.11. The van der Waals surface area contributed by atoms with E-state index in [2.05, 4.69) is 10.6 Å². The molecule has 6 heteroatoms. The molecule has 0 aliphatic heterocycles. The Morgan fingerprint density at radius 2 is 1.48 bits per heavy atom. The zero-order valence-corrected chi connectivity index (χ0v) is 11.9. The van der Waals surface area contributed by atoms with Gasteiger partial charge in [-0.2, -0.15) is 0 Å². The molecule has 2 amide bonds. The zero-order valence-electron chi connectivity index (χ0n) is 11.9. The zero-order chi connectivity index (χ0) is 16.4. The van der Waals surface area contributed by atoms with Gasteiger partial charge in [0.1, 0.15) is 0 Å². The first-order valence-corrected chi connectivity index (χ1v) is 6.85. The van der Waals surface area contributed by atoms with Crippen LogP contribution in [0.15, 0.2) is 54.6 Å². The molecule has 23 heavy (non-hydrogen) atoms. The van der Waals surface area contributed by atoms with E-state index in [-0.39, 0.29) is 5.69 Å². The Morgan fingerprint density at radius 3 is 2.22 bits per heavy atom. The molecule has 0 saturated heterocycles. The lowest BCUT2D eigenvalue weighted by Crippen LogP contribution is -2.19. The number of anilines is 2. The van der Waals surface area contributed by atoms with Crippen LogP contribution >= 0.6 is 0 Å². The van der Waals surface area contributed by atoms with Crippen LogP contribution in [-0.2, 0) is 0 Å². The first-order valence-electron chi connectivity index (χ1n) is 6.85. The third-order valence-corrected chi connectivity index (χ3v) is 3.37. The molecule has 0 fully saturated rings. The quantitative estimate of drug-likeness (QED) is 0.368. The van der Waals surface area contributed by atoms with Gasteiger partial charge in [-0.25, -0.2) is 4.79 Å². The fourth-order valence-corrected chi connectivity index (χ4v) is 2.30. The van der Waals surface area contributed by atoms with Crippen molar-refractivity contribution in [1.82, 2.24) is 0 Å². The van der Waals surface area contributed by atoms with E-state index in [0.717, 1.165) is 22.9 Å². The number of hydrogen-bond acceptors (Lipinski definition) is 4. The predicted octanol–water partition coefficient (Wildman–Crippen LogP) is 3.60. The van der Waals surface area contributed by atoms with E-state index in [9.17, 15) is 20.1 Å². The van der Waals surface area contributed by atoms with Crippen LogP contribution < -0.4 is 10.6 Å². The largest absolute Gasteiger partial charge is 0.504 e. The van der Waals surface area contributed by atoms with E-state index in [1.54, 1.807) is 6.07 Å². The molecule has 0 aliphatic carbocycles. The molecule has 0 heterocycles. The molecule has 5 N–H and O–H groups in total. The summed E-state index contributed by atoms with van der Waals surface area (Å²) in [6.45, 7) is 0.